The summed E-state index contributed by atoms with van der Waals surface area (Å²) in [5, 5.41) is 3.19. The Hall–Kier alpha value is -0.760. The highest BCUT2D eigenvalue weighted by Gasteiger charge is 2.51. The number of hydrogen-bond acceptors (Lipinski definition) is 6. The highest BCUT2D eigenvalue weighted by molar-refractivity contribution is 8.02. The van der Waals surface area contributed by atoms with Crippen LogP contribution in [0.2, 0.25) is 0 Å². The number of amides is 1. The Bertz CT molecular complexity index is 684. The van der Waals surface area contributed by atoms with Crippen molar-refractivity contribution >= 4 is 33.5 Å². The van der Waals surface area contributed by atoms with E-state index in [4.69, 9.17) is 4.74 Å². The summed E-state index contributed by atoms with van der Waals surface area (Å²) in [4.78, 5) is 24.7. The summed E-state index contributed by atoms with van der Waals surface area (Å²) in [5.41, 5.74) is -0.0839. The molecule has 0 unspecified atom stereocenters. The van der Waals surface area contributed by atoms with Gasteiger partial charge in [-0.3, -0.25) is 9.59 Å². The molecule has 152 valence electrons. The second-order valence-corrected chi connectivity index (χ2v) is 12.7. The summed E-state index contributed by atoms with van der Waals surface area (Å²) in [6.45, 7) is 1.62. The highest BCUT2D eigenvalue weighted by atomic mass is 32.2. The van der Waals surface area contributed by atoms with Gasteiger partial charge in [0.1, 0.15) is 0 Å². The van der Waals surface area contributed by atoms with Gasteiger partial charge in [-0.25, -0.2) is 8.42 Å². The zero-order valence-electron chi connectivity index (χ0n) is 15.8. The van der Waals surface area contributed by atoms with Crippen molar-refractivity contribution in [2.24, 2.45) is 17.8 Å². The lowest BCUT2D eigenvalue weighted by atomic mass is 9.53. The zero-order chi connectivity index (χ0) is 19.2. The minimum absolute atomic E-state index is 0.0429. The number of sulfone groups is 1. The maximum absolute atomic E-state index is 12.6. The molecule has 0 aromatic carbocycles. The fraction of sp³-hybridized carbons (Fsp3) is 0.895. The van der Waals surface area contributed by atoms with E-state index in [-0.39, 0.29) is 34.0 Å². The second-order valence-electron chi connectivity index (χ2n) is 9.16. The third-order valence-electron chi connectivity index (χ3n) is 6.73. The molecule has 5 fully saturated rings. The average Bonchev–Trinajstić information content (AvgIpc) is 2.90. The number of ether oxygens (including phenoxy) is 1. The monoisotopic (exact) mass is 415 g/mol. The van der Waals surface area contributed by atoms with Gasteiger partial charge < -0.3 is 10.1 Å². The van der Waals surface area contributed by atoms with Gasteiger partial charge in [0, 0.05) is 10.8 Å². The van der Waals surface area contributed by atoms with Gasteiger partial charge in [0.2, 0.25) is 0 Å². The lowest BCUT2D eigenvalue weighted by molar-refractivity contribution is -0.154. The van der Waals surface area contributed by atoms with Crippen LogP contribution in [0.1, 0.15) is 51.9 Å². The first-order valence-corrected chi connectivity index (χ1v) is 12.9. The molecule has 4 saturated carbocycles. The van der Waals surface area contributed by atoms with Crippen molar-refractivity contribution in [3.8, 4) is 0 Å². The van der Waals surface area contributed by atoms with Crippen LogP contribution in [-0.4, -0.2) is 54.4 Å². The van der Waals surface area contributed by atoms with Crippen molar-refractivity contribution < 1.29 is 22.7 Å². The average molecular weight is 416 g/mol. The third-order valence-corrected chi connectivity index (χ3v) is 9.99. The van der Waals surface area contributed by atoms with Gasteiger partial charge in [0.25, 0.3) is 5.91 Å². The first kappa shape index (κ1) is 19.6. The Morgan fingerprint density at radius 1 is 1.15 bits per heavy atom. The molecule has 2 atom stereocenters. The maximum Gasteiger partial charge on any atom is 0.316 e. The summed E-state index contributed by atoms with van der Waals surface area (Å²) in [6, 6.07) is 0. The van der Waals surface area contributed by atoms with Crippen LogP contribution in [0, 0.1) is 17.8 Å². The van der Waals surface area contributed by atoms with Crippen molar-refractivity contribution in [2.45, 2.75) is 68.8 Å². The van der Waals surface area contributed by atoms with E-state index >= 15 is 0 Å². The molecule has 0 spiro atoms. The molecule has 5 rings (SSSR count). The van der Waals surface area contributed by atoms with E-state index in [0.29, 0.717) is 6.42 Å². The van der Waals surface area contributed by atoms with E-state index in [9.17, 15) is 18.0 Å². The summed E-state index contributed by atoms with van der Waals surface area (Å²) in [5.74, 6) is 2.01. The molecule has 1 saturated heterocycles. The smallest absolute Gasteiger partial charge is 0.316 e. The van der Waals surface area contributed by atoms with E-state index in [1.165, 1.54) is 31.0 Å². The largest absolute Gasteiger partial charge is 0.452 e. The fourth-order valence-electron chi connectivity index (χ4n) is 5.99. The van der Waals surface area contributed by atoms with Gasteiger partial charge in [-0.05, 0) is 69.6 Å². The second kappa shape index (κ2) is 7.25. The van der Waals surface area contributed by atoms with Crippen molar-refractivity contribution in [3.63, 3.8) is 0 Å². The number of esters is 1. The Kier molecular flexibility index (Phi) is 5.25. The van der Waals surface area contributed by atoms with Gasteiger partial charge >= 0.3 is 5.97 Å². The Labute approximate surface area is 165 Å². The first-order valence-electron chi connectivity index (χ1n) is 10.1. The fourth-order valence-corrected chi connectivity index (χ4v) is 9.41. The minimum atomic E-state index is -2.94. The van der Waals surface area contributed by atoms with Crippen LogP contribution in [0.5, 0.6) is 0 Å². The molecule has 0 aromatic heterocycles. The third kappa shape index (κ3) is 4.47. The Balaban J connectivity index is 1.24. The van der Waals surface area contributed by atoms with E-state index in [1.807, 2.05) is 0 Å². The van der Waals surface area contributed by atoms with Crippen LogP contribution in [-0.2, 0) is 24.2 Å². The van der Waals surface area contributed by atoms with Gasteiger partial charge in [0.15, 0.2) is 15.9 Å². The van der Waals surface area contributed by atoms with Crippen LogP contribution in [0.4, 0.5) is 0 Å². The topological polar surface area (TPSA) is 89.5 Å². The predicted octanol–water partition coefficient (Wildman–Crippen LogP) is 1.92. The van der Waals surface area contributed by atoms with Gasteiger partial charge in [-0.15, -0.1) is 11.8 Å². The summed E-state index contributed by atoms with van der Waals surface area (Å²) in [6.07, 6.45) is 6.92. The molecule has 8 heteroatoms. The molecule has 1 heterocycles. The highest BCUT2D eigenvalue weighted by Crippen LogP contribution is 2.55. The number of hydrogen-bond donors (Lipinski definition) is 1. The van der Waals surface area contributed by atoms with Gasteiger partial charge in [-0.1, -0.05) is 0 Å². The van der Waals surface area contributed by atoms with E-state index in [1.54, 1.807) is 6.92 Å². The van der Waals surface area contributed by atoms with Crippen molar-refractivity contribution in [1.82, 2.24) is 5.32 Å². The van der Waals surface area contributed by atoms with Crippen LogP contribution in [0.3, 0.4) is 0 Å². The lowest BCUT2D eigenvalue weighted by Gasteiger charge is -2.57. The molecule has 1 aliphatic heterocycles. The van der Waals surface area contributed by atoms with Gasteiger partial charge in [0.05, 0.1) is 17.3 Å². The molecular weight excluding hydrogens is 386 g/mol. The molecular formula is C19H29NO5S2. The summed E-state index contributed by atoms with van der Waals surface area (Å²) in [7, 11) is -2.94. The number of rotatable bonds is 6. The lowest BCUT2D eigenvalue weighted by Crippen LogP contribution is -2.61. The molecule has 6 nitrogen and oxygen atoms in total. The van der Waals surface area contributed by atoms with Gasteiger partial charge in [-0.2, -0.15) is 0 Å². The molecule has 0 radical (unpaired) electrons. The SMILES string of the molecule is C[C@@H](OC(=O)CS[C@@H]1CCS(=O)(=O)C1)C(=O)NC12CC3CC(CC(C3)C1)C2. The Morgan fingerprint density at radius 3 is 2.26 bits per heavy atom. The Morgan fingerprint density at radius 2 is 1.74 bits per heavy atom. The van der Waals surface area contributed by atoms with E-state index < -0.39 is 21.9 Å². The van der Waals surface area contributed by atoms with Crippen LogP contribution in [0.15, 0.2) is 0 Å². The minimum Gasteiger partial charge on any atom is -0.452 e. The molecule has 27 heavy (non-hydrogen) atoms. The maximum atomic E-state index is 12.6. The van der Waals surface area contributed by atoms with Crippen molar-refractivity contribution in [2.75, 3.05) is 17.3 Å². The van der Waals surface area contributed by atoms with Crippen LogP contribution >= 0.6 is 11.8 Å². The number of nitrogens with one attached hydrogen (secondary N) is 1. The summed E-state index contributed by atoms with van der Waals surface area (Å²) >= 11 is 1.32. The van der Waals surface area contributed by atoms with Crippen molar-refractivity contribution in [3.05, 3.63) is 0 Å². The first-order chi connectivity index (χ1) is 12.7. The quantitative estimate of drug-likeness (QED) is 0.667. The van der Waals surface area contributed by atoms with E-state index in [2.05, 4.69) is 5.32 Å². The number of carbonyl (C=O) groups is 2. The van der Waals surface area contributed by atoms with Crippen molar-refractivity contribution in [1.29, 1.82) is 0 Å². The molecule has 4 bridgehead atoms. The van der Waals surface area contributed by atoms with E-state index in [0.717, 1.165) is 37.0 Å². The number of thioether (sulfide) groups is 1. The number of carbonyl (C=O) groups excluding carboxylic acids is 2. The molecule has 5 aliphatic rings. The molecule has 1 amide bonds. The summed E-state index contributed by atoms with van der Waals surface area (Å²) < 4.78 is 28.3. The molecule has 0 aromatic rings. The predicted molar refractivity (Wildman–Crippen MR) is 104 cm³/mol. The standard InChI is InChI=1S/C19H29NO5S2/c1-12(25-17(21)10-26-16-2-3-27(23,24)11-16)18(22)20-19-7-13-4-14(8-19)6-15(5-13)9-19/h12-16H,2-11H2,1H3,(H,20,22)/t12-,13?,14?,15?,16-,19?/m1/s1. The molecule has 4 aliphatic carbocycles. The molecule has 1 N–H and O–H groups in total. The normalized spacial score (nSPS) is 39.9. The van der Waals surface area contributed by atoms with Crippen LogP contribution in [0.25, 0.3) is 0 Å². The zero-order valence-corrected chi connectivity index (χ0v) is 17.4. The van der Waals surface area contributed by atoms with Crippen LogP contribution < -0.4 is 5.32 Å².